The van der Waals surface area contributed by atoms with Crippen LogP contribution < -0.4 is 5.32 Å². The normalized spacial score (nSPS) is 10.7. The lowest BCUT2D eigenvalue weighted by Crippen LogP contribution is -2.07. The van der Waals surface area contributed by atoms with E-state index in [1.807, 2.05) is 6.26 Å². The summed E-state index contributed by atoms with van der Waals surface area (Å²) in [6.45, 7) is 0. The SMILES string of the molecule is CSc1ncc(/C=C/C(=O)Nc2nccs2)cn1. The Hall–Kier alpha value is -1.73. The molecule has 0 unspecified atom stereocenters. The highest BCUT2D eigenvalue weighted by Gasteiger charge is 1.99. The number of anilines is 1. The topological polar surface area (TPSA) is 67.8 Å². The summed E-state index contributed by atoms with van der Waals surface area (Å²) in [5.41, 5.74) is 0.780. The first-order valence-corrected chi connectivity index (χ1v) is 7.13. The molecular formula is C11H10N4OS2. The van der Waals surface area contributed by atoms with Gasteiger partial charge in [0.2, 0.25) is 5.91 Å². The molecule has 0 aliphatic carbocycles. The van der Waals surface area contributed by atoms with Crippen molar-refractivity contribution in [3.05, 3.63) is 35.6 Å². The van der Waals surface area contributed by atoms with Crippen molar-refractivity contribution in [1.82, 2.24) is 15.0 Å². The number of hydrogen-bond acceptors (Lipinski definition) is 6. The van der Waals surface area contributed by atoms with E-state index in [1.165, 1.54) is 29.2 Å². The van der Waals surface area contributed by atoms with Gasteiger partial charge < -0.3 is 0 Å². The third-order valence-electron chi connectivity index (χ3n) is 1.92. The summed E-state index contributed by atoms with van der Waals surface area (Å²) in [5.74, 6) is -0.223. The fraction of sp³-hybridized carbons (Fsp3) is 0.0909. The molecule has 0 atom stereocenters. The third-order valence-corrected chi connectivity index (χ3v) is 3.18. The van der Waals surface area contributed by atoms with Gasteiger partial charge in [0.05, 0.1) is 0 Å². The number of rotatable bonds is 4. The lowest BCUT2D eigenvalue weighted by molar-refractivity contribution is -0.111. The Labute approximate surface area is 112 Å². The fourth-order valence-electron chi connectivity index (χ4n) is 1.12. The van der Waals surface area contributed by atoms with Gasteiger partial charge in [0.1, 0.15) is 0 Å². The summed E-state index contributed by atoms with van der Waals surface area (Å²) in [5, 5.41) is 5.74. The highest BCUT2D eigenvalue weighted by molar-refractivity contribution is 7.98. The first kappa shape index (κ1) is 12.7. The fourth-order valence-corrected chi connectivity index (χ4v) is 1.97. The molecule has 2 aromatic heterocycles. The number of carbonyl (C=O) groups is 1. The van der Waals surface area contributed by atoms with Crippen LogP contribution in [-0.4, -0.2) is 27.1 Å². The molecule has 0 bridgehead atoms. The molecule has 0 saturated heterocycles. The van der Waals surface area contributed by atoms with Crippen molar-refractivity contribution >= 4 is 40.2 Å². The molecule has 1 amide bonds. The number of nitrogens with one attached hydrogen (secondary N) is 1. The van der Waals surface area contributed by atoms with Gasteiger partial charge in [-0.1, -0.05) is 11.8 Å². The van der Waals surface area contributed by atoms with Crippen LogP contribution in [0.2, 0.25) is 0 Å². The zero-order valence-electron chi connectivity index (χ0n) is 9.53. The van der Waals surface area contributed by atoms with Crippen molar-refractivity contribution in [3.63, 3.8) is 0 Å². The van der Waals surface area contributed by atoms with E-state index in [9.17, 15) is 4.79 Å². The molecule has 0 radical (unpaired) electrons. The maximum Gasteiger partial charge on any atom is 0.250 e. The summed E-state index contributed by atoms with van der Waals surface area (Å²) in [7, 11) is 0. The molecule has 0 aliphatic heterocycles. The van der Waals surface area contributed by atoms with E-state index in [0.717, 1.165) is 5.56 Å². The van der Waals surface area contributed by atoms with Gasteiger partial charge in [-0.25, -0.2) is 15.0 Å². The Kier molecular flexibility index (Phi) is 4.43. The molecule has 1 N–H and O–H groups in total. The number of hydrogen-bond donors (Lipinski definition) is 1. The van der Waals surface area contributed by atoms with Gasteiger partial charge >= 0.3 is 0 Å². The van der Waals surface area contributed by atoms with Gasteiger partial charge in [0.15, 0.2) is 10.3 Å². The van der Waals surface area contributed by atoms with Crippen molar-refractivity contribution in [2.45, 2.75) is 5.16 Å². The number of amides is 1. The monoisotopic (exact) mass is 278 g/mol. The summed E-state index contributed by atoms with van der Waals surface area (Å²) in [6.07, 6.45) is 9.98. The summed E-state index contributed by atoms with van der Waals surface area (Å²) >= 11 is 2.85. The molecule has 0 saturated carbocycles. The van der Waals surface area contributed by atoms with E-state index in [2.05, 4.69) is 20.3 Å². The third kappa shape index (κ3) is 3.64. The van der Waals surface area contributed by atoms with E-state index in [-0.39, 0.29) is 5.91 Å². The Morgan fingerprint density at radius 2 is 2.17 bits per heavy atom. The predicted octanol–water partition coefficient (Wildman–Crippen LogP) is 2.31. The maximum absolute atomic E-state index is 11.5. The van der Waals surface area contributed by atoms with Gasteiger partial charge in [-0.2, -0.15) is 0 Å². The van der Waals surface area contributed by atoms with Crippen molar-refractivity contribution in [1.29, 1.82) is 0 Å². The molecule has 92 valence electrons. The molecule has 7 heteroatoms. The Balaban J connectivity index is 1.95. The highest BCUT2D eigenvalue weighted by Crippen LogP contribution is 2.11. The number of aromatic nitrogens is 3. The van der Waals surface area contributed by atoms with Crippen LogP contribution >= 0.6 is 23.1 Å². The average molecular weight is 278 g/mol. The zero-order valence-corrected chi connectivity index (χ0v) is 11.2. The van der Waals surface area contributed by atoms with Crippen LogP contribution in [0.4, 0.5) is 5.13 Å². The lowest BCUT2D eigenvalue weighted by atomic mass is 10.3. The van der Waals surface area contributed by atoms with Gasteiger partial charge in [-0.05, 0) is 12.3 Å². The second-order valence-electron chi connectivity index (χ2n) is 3.16. The molecule has 2 rings (SSSR count). The van der Waals surface area contributed by atoms with Crippen molar-refractivity contribution in [2.24, 2.45) is 0 Å². The van der Waals surface area contributed by atoms with Crippen molar-refractivity contribution in [3.8, 4) is 0 Å². The minimum atomic E-state index is -0.223. The molecule has 0 spiro atoms. The number of carbonyl (C=O) groups excluding carboxylic acids is 1. The quantitative estimate of drug-likeness (QED) is 0.528. The van der Waals surface area contributed by atoms with Crippen LogP contribution in [0.25, 0.3) is 6.08 Å². The number of nitrogens with zero attached hydrogens (tertiary/aromatic N) is 3. The minimum absolute atomic E-state index is 0.223. The highest BCUT2D eigenvalue weighted by atomic mass is 32.2. The second-order valence-corrected chi connectivity index (χ2v) is 4.83. The zero-order chi connectivity index (χ0) is 12.8. The summed E-state index contributed by atoms with van der Waals surface area (Å²) in [4.78, 5) is 23.7. The summed E-state index contributed by atoms with van der Waals surface area (Å²) in [6, 6.07) is 0. The molecule has 2 aromatic rings. The van der Waals surface area contributed by atoms with E-state index >= 15 is 0 Å². The van der Waals surface area contributed by atoms with Crippen LogP contribution in [0, 0.1) is 0 Å². The van der Waals surface area contributed by atoms with Crippen molar-refractivity contribution < 1.29 is 4.79 Å². The van der Waals surface area contributed by atoms with E-state index < -0.39 is 0 Å². The molecule has 0 fully saturated rings. The van der Waals surface area contributed by atoms with Crippen LogP contribution in [0.5, 0.6) is 0 Å². The van der Waals surface area contributed by atoms with E-state index in [0.29, 0.717) is 10.3 Å². The minimum Gasteiger partial charge on any atom is -0.298 e. The Morgan fingerprint density at radius 3 is 2.78 bits per heavy atom. The molecule has 18 heavy (non-hydrogen) atoms. The number of thioether (sulfide) groups is 1. The van der Waals surface area contributed by atoms with Gasteiger partial charge in [-0.3, -0.25) is 10.1 Å². The smallest absolute Gasteiger partial charge is 0.250 e. The van der Waals surface area contributed by atoms with Crippen LogP contribution in [0.3, 0.4) is 0 Å². The average Bonchev–Trinajstić information content (AvgIpc) is 2.90. The second kappa shape index (κ2) is 6.27. The molecule has 2 heterocycles. The van der Waals surface area contributed by atoms with Gasteiger partial charge in [0, 0.05) is 35.6 Å². The largest absolute Gasteiger partial charge is 0.298 e. The first-order valence-electron chi connectivity index (χ1n) is 5.02. The lowest BCUT2D eigenvalue weighted by Gasteiger charge is -1.96. The maximum atomic E-state index is 11.5. The van der Waals surface area contributed by atoms with E-state index in [1.54, 1.807) is 30.0 Å². The number of thiazole rings is 1. The van der Waals surface area contributed by atoms with Crippen LogP contribution in [0.1, 0.15) is 5.56 Å². The van der Waals surface area contributed by atoms with E-state index in [4.69, 9.17) is 0 Å². The van der Waals surface area contributed by atoms with Crippen molar-refractivity contribution in [2.75, 3.05) is 11.6 Å². The van der Waals surface area contributed by atoms with Gasteiger partial charge in [-0.15, -0.1) is 11.3 Å². The molecular weight excluding hydrogens is 268 g/mol. The Morgan fingerprint density at radius 1 is 1.39 bits per heavy atom. The Bertz CT molecular complexity index is 537. The van der Waals surface area contributed by atoms with Crippen LogP contribution in [-0.2, 0) is 4.79 Å². The van der Waals surface area contributed by atoms with Crippen LogP contribution in [0.15, 0.2) is 35.2 Å². The van der Waals surface area contributed by atoms with Gasteiger partial charge in [0.25, 0.3) is 0 Å². The predicted molar refractivity (Wildman–Crippen MR) is 73.6 cm³/mol. The summed E-state index contributed by atoms with van der Waals surface area (Å²) < 4.78 is 0. The molecule has 0 aliphatic rings. The molecule has 0 aromatic carbocycles. The first-order chi connectivity index (χ1) is 8.78. The molecule has 5 nitrogen and oxygen atoms in total. The standard InChI is InChI=1S/C11H10N4OS2/c1-17-10-13-6-8(7-14-10)2-3-9(16)15-11-12-4-5-18-11/h2-7H,1H3,(H,12,15,16)/b3-2+.